The van der Waals surface area contributed by atoms with Gasteiger partial charge in [-0.25, -0.2) is 14.6 Å². The summed E-state index contributed by atoms with van der Waals surface area (Å²) in [4.78, 5) is 29.6. The van der Waals surface area contributed by atoms with Crippen LogP contribution in [0.15, 0.2) is 47.1 Å². The van der Waals surface area contributed by atoms with Crippen molar-refractivity contribution < 1.29 is 19.1 Å². The van der Waals surface area contributed by atoms with Crippen LogP contribution in [-0.4, -0.2) is 35.3 Å². The predicted molar refractivity (Wildman–Crippen MR) is 119 cm³/mol. The molecule has 0 aliphatic rings. The summed E-state index contributed by atoms with van der Waals surface area (Å²) >= 11 is 3.31. The highest BCUT2D eigenvalue weighted by Gasteiger charge is 2.34. The molecule has 0 radical (unpaired) electrons. The van der Waals surface area contributed by atoms with E-state index in [9.17, 15) is 9.59 Å². The first-order valence-corrected chi connectivity index (χ1v) is 10.3. The molecule has 0 bridgehead atoms. The van der Waals surface area contributed by atoms with Crippen molar-refractivity contribution in [2.45, 2.75) is 45.4 Å². The fourth-order valence-corrected chi connectivity index (χ4v) is 3.04. The number of halogens is 1. The van der Waals surface area contributed by atoms with Gasteiger partial charge in [-0.05, 0) is 55.3 Å². The van der Waals surface area contributed by atoms with Crippen molar-refractivity contribution >= 4 is 39.5 Å². The van der Waals surface area contributed by atoms with Gasteiger partial charge in [0.25, 0.3) is 0 Å². The van der Waals surface area contributed by atoms with Crippen LogP contribution in [0.5, 0.6) is 0 Å². The molecule has 1 heterocycles. The van der Waals surface area contributed by atoms with E-state index in [4.69, 9.17) is 15.2 Å². The Morgan fingerprint density at radius 1 is 1.23 bits per heavy atom. The topological polar surface area (TPSA) is 116 Å². The molecule has 162 valence electrons. The second-order valence-corrected chi connectivity index (χ2v) is 8.42. The maximum atomic E-state index is 12.9. The lowest BCUT2D eigenvalue weighted by molar-refractivity contribution is -0.144. The number of alkyl carbamates (subject to hydrolysis) is 1. The Labute approximate surface area is 184 Å². The average Bonchev–Trinajstić information content (AvgIpc) is 2.65. The summed E-state index contributed by atoms with van der Waals surface area (Å²) < 4.78 is 11.3. The van der Waals surface area contributed by atoms with Gasteiger partial charge in [0, 0.05) is 10.7 Å². The first kappa shape index (κ1) is 23.5. The van der Waals surface area contributed by atoms with Crippen molar-refractivity contribution in [3.05, 3.63) is 52.6 Å². The van der Waals surface area contributed by atoms with Crippen molar-refractivity contribution in [2.24, 2.45) is 0 Å². The number of hydrogen-bond donors (Lipinski definition) is 3. The van der Waals surface area contributed by atoms with E-state index in [2.05, 4.69) is 31.5 Å². The molecule has 9 heteroatoms. The number of carbonyl (C=O) groups is 2. The third-order valence-corrected chi connectivity index (χ3v) is 4.31. The molecule has 0 unspecified atom stereocenters. The molecule has 0 spiro atoms. The van der Waals surface area contributed by atoms with Crippen LogP contribution in [-0.2, 0) is 14.3 Å². The van der Waals surface area contributed by atoms with E-state index in [1.165, 1.54) is 0 Å². The number of carbonyl (C=O) groups excluding carboxylic acids is 2. The third kappa shape index (κ3) is 6.91. The molecular weight excluding hydrogens is 452 g/mol. The number of pyridine rings is 1. The number of amides is 1. The fraction of sp³-hybridized carbons (Fsp3) is 0.381. The van der Waals surface area contributed by atoms with Gasteiger partial charge < -0.3 is 25.8 Å². The second-order valence-electron chi connectivity index (χ2n) is 7.50. The van der Waals surface area contributed by atoms with Gasteiger partial charge in [0.15, 0.2) is 6.04 Å². The van der Waals surface area contributed by atoms with Gasteiger partial charge in [-0.15, -0.1) is 0 Å². The number of nitrogens with two attached hydrogens (primary N) is 1. The monoisotopic (exact) mass is 478 g/mol. The molecule has 4 N–H and O–H groups in total. The van der Waals surface area contributed by atoms with Crippen LogP contribution in [0.25, 0.3) is 0 Å². The number of nitrogens with zero attached hydrogens (tertiary/aromatic N) is 1. The van der Waals surface area contributed by atoms with E-state index in [0.29, 0.717) is 21.5 Å². The average molecular weight is 479 g/mol. The number of hydrogen-bond acceptors (Lipinski definition) is 7. The van der Waals surface area contributed by atoms with E-state index in [1.807, 2.05) is 18.2 Å². The summed E-state index contributed by atoms with van der Waals surface area (Å²) in [6, 6.07) is 8.93. The zero-order valence-electron chi connectivity index (χ0n) is 17.4. The zero-order valence-corrected chi connectivity index (χ0v) is 19.0. The summed E-state index contributed by atoms with van der Waals surface area (Å²) in [6.45, 7) is 7.17. The molecule has 8 nitrogen and oxygen atoms in total. The normalized spacial score (nSPS) is 13.1. The maximum Gasteiger partial charge on any atom is 0.408 e. The summed E-state index contributed by atoms with van der Waals surface area (Å²) in [7, 11) is 0. The molecule has 0 fully saturated rings. The second kappa shape index (κ2) is 10.3. The number of anilines is 2. The molecule has 0 aliphatic carbocycles. The van der Waals surface area contributed by atoms with Crippen LogP contribution < -0.4 is 16.4 Å². The van der Waals surface area contributed by atoms with Crippen LogP contribution in [0.4, 0.5) is 16.3 Å². The Kier molecular flexibility index (Phi) is 8.05. The highest BCUT2D eigenvalue weighted by molar-refractivity contribution is 9.10. The largest absolute Gasteiger partial charge is 0.464 e. The third-order valence-electron chi connectivity index (χ3n) is 3.88. The van der Waals surface area contributed by atoms with Gasteiger partial charge in [-0.1, -0.05) is 30.3 Å². The lowest BCUT2D eigenvalue weighted by Gasteiger charge is -2.29. The zero-order chi connectivity index (χ0) is 22.3. The minimum absolute atomic E-state index is 0.175. The van der Waals surface area contributed by atoms with Gasteiger partial charge in [0.05, 0.1) is 18.3 Å². The minimum Gasteiger partial charge on any atom is -0.464 e. The van der Waals surface area contributed by atoms with E-state index >= 15 is 0 Å². The van der Waals surface area contributed by atoms with Gasteiger partial charge >= 0.3 is 12.1 Å². The van der Waals surface area contributed by atoms with Crippen LogP contribution in [0.1, 0.15) is 39.3 Å². The van der Waals surface area contributed by atoms with Gasteiger partial charge in [-0.2, -0.15) is 0 Å². The Hall–Kier alpha value is -2.81. The number of ether oxygens (including phenoxy) is 2. The van der Waals surface area contributed by atoms with Gasteiger partial charge in [0.2, 0.25) is 0 Å². The van der Waals surface area contributed by atoms with Crippen LogP contribution >= 0.6 is 15.9 Å². The number of esters is 1. The molecular formula is C21H27BrN4O4. The molecule has 1 aromatic carbocycles. The molecule has 1 aromatic heterocycles. The molecule has 0 saturated heterocycles. The number of benzene rings is 1. The number of rotatable bonds is 7. The molecule has 0 saturated carbocycles. The van der Waals surface area contributed by atoms with Crippen LogP contribution in [0.3, 0.4) is 0 Å². The van der Waals surface area contributed by atoms with E-state index in [0.717, 1.165) is 0 Å². The van der Waals surface area contributed by atoms with Crippen molar-refractivity contribution in [1.29, 1.82) is 0 Å². The summed E-state index contributed by atoms with van der Waals surface area (Å²) in [5.74, 6) is -0.269. The Morgan fingerprint density at radius 3 is 2.47 bits per heavy atom. The van der Waals surface area contributed by atoms with Gasteiger partial charge in [0.1, 0.15) is 11.4 Å². The van der Waals surface area contributed by atoms with E-state index < -0.39 is 29.7 Å². The summed E-state index contributed by atoms with van der Waals surface area (Å²) in [5.41, 5.74) is 6.37. The highest BCUT2D eigenvalue weighted by Crippen LogP contribution is 2.26. The summed E-state index contributed by atoms with van der Waals surface area (Å²) in [6.07, 6.45) is 0.892. The fourth-order valence-electron chi connectivity index (χ4n) is 2.69. The Balaban J connectivity index is 2.43. The maximum absolute atomic E-state index is 12.9. The SMILES string of the molecule is CCOC(=O)[C@@H](Nc1ncc(Br)cc1N)[C@H](NC(=O)OC(C)(C)C)c1ccccc1. The van der Waals surface area contributed by atoms with Crippen molar-refractivity contribution in [2.75, 3.05) is 17.7 Å². The lowest BCUT2D eigenvalue weighted by atomic mass is 9.99. The number of aromatic nitrogens is 1. The smallest absolute Gasteiger partial charge is 0.408 e. The Bertz CT molecular complexity index is 871. The van der Waals surface area contributed by atoms with Crippen molar-refractivity contribution in [3.63, 3.8) is 0 Å². The molecule has 2 atom stereocenters. The molecule has 30 heavy (non-hydrogen) atoms. The molecule has 2 rings (SSSR count). The molecule has 2 aromatic rings. The quantitative estimate of drug-likeness (QED) is 0.514. The van der Waals surface area contributed by atoms with Crippen LogP contribution in [0.2, 0.25) is 0 Å². The highest BCUT2D eigenvalue weighted by atomic mass is 79.9. The van der Waals surface area contributed by atoms with E-state index in [1.54, 1.807) is 52.1 Å². The number of nitrogens with one attached hydrogen (secondary N) is 2. The summed E-state index contributed by atoms with van der Waals surface area (Å²) in [5, 5.41) is 5.80. The standard InChI is InChI=1S/C21H27BrN4O4/c1-5-29-19(27)17(25-18-15(23)11-14(22)12-24-18)16(13-9-7-6-8-10-13)26-20(28)30-21(2,3)4/h6-12,16-17H,5,23H2,1-4H3,(H,24,25)(H,26,28)/t16-,17+/m1/s1. The minimum atomic E-state index is -1.00. The first-order chi connectivity index (χ1) is 14.1. The van der Waals surface area contributed by atoms with Crippen molar-refractivity contribution in [1.82, 2.24) is 10.3 Å². The molecule has 1 amide bonds. The predicted octanol–water partition coefficient (Wildman–Crippen LogP) is 4.04. The van der Waals surface area contributed by atoms with Crippen molar-refractivity contribution in [3.8, 4) is 0 Å². The molecule has 0 aliphatic heterocycles. The first-order valence-electron chi connectivity index (χ1n) is 9.49. The van der Waals surface area contributed by atoms with E-state index in [-0.39, 0.29) is 6.61 Å². The Morgan fingerprint density at radius 2 is 1.90 bits per heavy atom. The van der Waals surface area contributed by atoms with Crippen LogP contribution in [0, 0.1) is 0 Å². The number of nitrogen functional groups attached to an aromatic ring is 1. The van der Waals surface area contributed by atoms with Gasteiger partial charge in [-0.3, -0.25) is 0 Å². The lowest BCUT2D eigenvalue weighted by Crippen LogP contribution is -2.47.